The monoisotopic (exact) mass is 285 g/mol. The first-order chi connectivity index (χ1) is 9.07. The first-order valence-corrected chi connectivity index (χ1v) is 5.85. The van der Waals surface area contributed by atoms with Gasteiger partial charge in [-0.2, -0.15) is 18.3 Å². The minimum Gasteiger partial charge on any atom is -0.384 e. The van der Waals surface area contributed by atoms with Gasteiger partial charge in [-0.3, -0.25) is 0 Å². The van der Waals surface area contributed by atoms with Gasteiger partial charge in [-0.05, 0) is 6.07 Å². The van der Waals surface area contributed by atoms with Gasteiger partial charge >= 0.3 is 6.18 Å². The molecule has 0 radical (unpaired) electrons. The van der Waals surface area contributed by atoms with Gasteiger partial charge in [-0.15, -0.1) is 0 Å². The van der Waals surface area contributed by atoms with Crippen LogP contribution in [0.5, 0.6) is 0 Å². The summed E-state index contributed by atoms with van der Waals surface area (Å²) >= 11 is 0. The Kier molecular flexibility index (Phi) is 3.19. The van der Waals surface area contributed by atoms with Crippen molar-refractivity contribution in [2.45, 2.75) is 32.4 Å². The zero-order valence-electron chi connectivity index (χ0n) is 11.2. The summed E-state index contributed by atoms with van der Waals surface area (Å²) in [7, 11) is 0. The number of anilines is 1. The van der Waals surface area contributed by atoms with Gasteiger partial charge in [0.2, 0.25) is 0 Å². The summed E-state index contributed by atoms with van der Waals surface area (Å²) in [5.41, 5.74) is 4.32. The Morgan fingerprint density at radius 3 is 2.30 bits per heavy atom. The lowest BCUT2D eigenvalue weighted by Crippen LogP contribution is -2.18. The van der Waals surface area contributed by atoms with Crippen molar-refractivity contribution in [3.05, 3.63) is 29.8 Å². The zero-order chi connectivity index (χ0) is 15.1. The van der Waals surface area contributed by atoms with Crippen LogP contribution in [0.2, 0.25) is 0 Å². The SMILES string of the molecule is CC(C)(C)c1nc(N)cc(-n2ccc(C(F)(F)F)n2)n1. The quantitative estimate of drug-likeness (QED) is 0.874. The van der Waals surface area contributed by atoms with Crippen LogP contribution in [0.25, 0.3) is 5.82 Å². The lowest BCUT2D eigenvalue weighted by Gasteiger charge is -2.17. The molecular formula is C12H14F3N5. The van der Waals surface area contributed by atoms with Crippen LogP contribution in [0, 0.1) is 0 Å². The van der Waals surface area contributed by atoms with Gasteiger partial charge in [0.05, 0.1) is 0 Å². The van der Waals surface area contributed by atoms with Crippen molar-refractivity contribution in [2.24, 2.45) is 0 Å². The Labute approximate surface area is 113 Å². The molecule has 2 rings (SSSR count). The van der Waals surface area contributed by atoms with Crippen molar-refractivity contribution >= 4 is 5.82 Å². The second kappa shape index (κ2) is 4.46. The first kappa shape index (κ1) is 14.3. The molecule has 0 atom stereocenters. The molecule has 0 saturated carbocycles. The topological polar surface area (TPSA) is 69.6 Å². The van der Waals surface area contributed by atoms with E-state index in [4.69, 9.17) is 5.73 Å². The number of nitrogens with two attached hydrogens (primary N) is 1. The summed E-state index contributed by atoms with van der Waals surface area (Å²) in [6.07, 6.45) is -3.30. The van der Waals surface area contributed by atoms with Crippen molar-refractivity contribution in [1.29, 1.82) is 0 Å². The molecule has 0 aliphatic carbocycles. The van der Waals surface area contributed by atoms with E-state index < -0.39 is 11.9 Å². The predicted octanol–water partition coefficient (Wildman–Crippen LogP) is 2.56. The Morgan fingerprint density at radius 2 is 1.80 bits per heavy atom. The van der Waals surface area contributed by atoms with E-state index in [9.17, 15) is 13.2 Å². The van der Waals surface area contributed by atoms with E-state index in [-0.39, 0.29) is 17.1 Å². The molecule has 0 bridgehead atoms. The number of rotatable bonds is 1. The molecule has 2 aromatic rings. The maximum atomic E-state index is 12.5. The highest BCUT2D eigenvalue weighted by molar-refractivity contribution is 5.38. The standard InChI is InChI=1S/C12H14F3N5/c1-11(2,3)10-17-8(16)6-9(18-10)20-5-4-7(19-20)12(13,14)15/h4-6H,1-3H3,(H2,16,17,18). The largest absolute Gasteiger partial charge is 0.435 e. The molecule has 5 nitrogen and oxygen atoms in total. The van der Waals surface area contributed by atoms with Crippen LogP contribution in [-0.2, 0) is 11.6 Å². The van der Waals surface area contributed by atoms with Crippen LogP contribution in [0.15, 0.2) is 18.3 Å². The number of nitrogens with zero attached hydrogens (tertiary/aromatic N) is 4. The second-order valence-electron chi connectivity index (χ2n) is 5.37. The van der Waals surface area contributed by atoms with Gasteiger partial charge in [0, 0.05) is 17.7 Å². The number of alkyl halides is 3. The van der Waals surface area contributed by atoms with E-state index in [0.29, 0.717) is 5.82 Å². The fourth-order valence-electron chi connectivity index (χ4n) is 1.51. The Bertz CT molecular complexity index is 625. The van der Waals surface area contributed by atoms with Crippen molar-refractivity contribution in [3.63, 3.8) is 0 Å². The van der Waals surface area contributed by atoms with Crippen LogP contribution in [0.4, 0.5) is 19.0 Å². The third kappa shape index (κ3) is 2.89. The lowest BCUT2D eigenvalue weighted by molar-refractivity contribution is -0.141. The highest BCUT2D eigenvalue weighted by Crippen LogP contribution is 2.28. The maximum absolute atomic E-state index is 12.5. The molecule has 0 saturated heterocycles. The molecule has 0 spiro atoms. The summed E-state index contributed by atoms with van der Waals surface area (Å²) in [4.78, 5) is 8.30. The van der Waals surface area contributed by atoms with Gasteiger partial charge in [-0.1, -0.05) is 20.8 Å². The van der Waals surface area contributed by atoms with Crippen molar-refractivity contribution in [1.82, 2.24) is 19.7 Å². The number of halogens is 3. The first-order valence-electron chi connectivity index (χ1n) is 5.85. The minimum absolute atomic E-state index is 0.184. The fourth-order valence-corrected chi connectivity index (χ4v) is 1.51. The summed E-state index contributed by atoms with van der Waals surface area (Å²) in [6, 6.07) is 2.26. The predicted molar refractivity (Wildman–Crippen MR) is 67.3 cm³/mol. The zero-order valence-corrected chi connectivity index (χ0v) is 11.2. The number of nitrogen functional groups attached to an aromatic ring is 1. The molecule has 0 fully saturated rings. The van der Waals surface area contributed by atoms with Crippen LogP contribution in [-0.4, -0.2) is 19.7 Å². The maximum Gasteiger partial charge on any atom is 0.435 e. The van der Waals surface area contributed by atoms with Gasteiger partial charge in [0.1, 0.15) is 11.6 Å². The van der Waals surface area contributed by atoms with E-state index in [1.165, 1.54) is 12.3 Å². The molecular weight excluding hydrogens is 271 g/mol. The molecule has 20 heavy (non-hydrogen) atoms. The summed E-state index contributed by atoms with van der Waals surface area (Å²) in [5, 5.41) is 3.46. The summed E-state index contributed by atoms with van der Waals surface area (Å²) < 4.78 is 38.6. The average molecular weight is 285 g/mol. The number of hydrogen-bond acceptors (Lipinski definition) is 4. The lowest BCUT2D eigenvalue weighted by atomic mass is 9.96. The average Bonchev–Trinajstić information content (AvgIpc) is 2.75. The Morgan fingerprint density at radius 1 is 1.15 bits per heavy atom. The summed E-state index contributed by atoms with van der Waals surface area (Å²) in [6.45, 7) is 5.65. The molecule has 2 heterocycles. The molecule has 0 amide bonds. The molecule has 108 valence electrons. The number of hydrogen-bond donors (Lipinski definition) is 1. The third-order valence-corrected chi connectivity index (χ3v) is 2.52. The smallest absolute Gasteiger partial charge is 0.384 e. The van der Waals surface area contributed by atoms with Crippen LogP contribution < -0.4 is 5.73 Å². The molecule has 0 aliphatic rings. The molecule has 0 aliphatic heterocycles. The fraction of sp³-hybridized carbons (Fsp3) is 0.417. The van der Waals surface area contributed by atoms with Crippen LogP contribution >= 0.6 is 0 Å². The minimum atomic E-state index is -4.49. The van der Waals surface area contributed by atoms with Crippen molar-refractivity contribution < 1.29 is 13.2 Å². The van der Waals surface area contributed by atoms with Crippen molar-refractivity contribution in [3.8, 4) is 5.82 Å². The Hall–Kier alpha value is -2.12. The van der Waals surface area contributed by atoms with Gasteiger partial charge in [-0.25, -0.2) is 14.6 Å². The summed E-state index contributed by atoms with van der Waals surface area (Å²) in [5.74, 6) is 0.832. The highest BCUT2D eigenvalue weighted by atomic mass is 19.4. The third-order valence-electron chi connectivity index (χ3n) is 2.52. The molecule has 0 unspecified atom stereocenters. The highest BCUT2D eigenvalue weighted by Gasteiger charge is 2.33. The van der Waals surface area contributed by atoms with E-state index in [1.807, 2.05) is 20.8 Å². The van der Waals surface area contributed by atoms with Gasteiger partial charge in [0.25, 0.3) is 0 Å². The molecule has 8 heteroatoms. The number of aromatic nitrogens is 4. The second-order valence-corrected chi connectivity index (χ2v) is 5.37. The molecule has 2 N–H and O–H groups in total. The van der Waals surface area contributed by atoms with E-state index >= 15 is 0 Å². The van der Waals surface area contributed by atoms with Crippen LogP contribution in [0.1, 0.15) is 32.3 Å². The van der Waals surface area contributed by atoms with E-state index in [2.05, 4.69) is 15.1 Å². The van der Waals surface area contributed by atoms with Gasteiger partial charge in [0.15, 0.2) is 11.5 Å². The van der Waals surface area contributed by atoms with Crippen LogP contribution in [0.3, 0.4) is 0 Å². The molecule has 0 aromatic carbocycles. The van der Waals surface area contributed by atoms with Crippen molar-refractivity contribution in [2.75, 3.05) is 5.73 Å². The molecule has 2 aromatic heterocycles. The Balaban J connectivity index is 2.48. The van der Waals surface area contributed by atoms with E-state index in [0.717, 1.165) is 10.7 Å². The normalized spacial score (nSPS) is 12.7. The van der Waals surface area contributed by atoms with E-state index in [1.54, 1.807) is 0 Å². The van der Waals surface area contributed by atoms with Gasteiger partial charge < -0.3 is 5.73 Å².